The van der Waals surface area contributed by atoms with Crippen molar-refractivity contribution in [1.82, 2.24) is 15.3 Å². The van der Waals surface area contributed by atoms with Crippen LogP contribution < -0.4 is 5.32 Å². The van der Waals surface area contributed by atoms with Crippen molar-refractivity contribution in [3.63, 3.8) is 0 Å². The van der Waals surface area contributed by atoms with E-state index in [1.54, 1.807) is 6.20 Å². The molecule has 16 heavy (non-hydrogen) atoms. The number of halogens is 1. The highest BCUT2D eigenvalue weighted by molar-refractivity contribution is 6.31. The quantitative estimate of drug-likeness (QED) is 0.856. The SMILES string of the molecule is CC(NCc1ncc[nH]1)c1ccccc1Cl. The summed E-state index contributed by atoms with van der Waals surface area (Å²) in [4.78, 5) is 7.21. The van der Waals surface area contributed by atoms with Crippen LogP contribution in [0.15, 0.2) is 36.7 Å². The molecule has 0 aliphatic rings. The molecule has 0 bridgehead atoms. The van der Waals surface area contributed by atoms with Gasteiger partial charge in [0.25, 0.3) is 0 Å². The van der Waals surface area contributed by atoms with Crippen molar-refractivity contribution in [2.75, 3.05) is 0 Å². The van der Waals surface area contributed by atoms with Crippen LogP contribution in [0.1, 0.15) is 24.4 Å². The second-order valence-electron chi connectivity index (χ2n) is 3.66. The van der Waals surface area contributed by atoms with Crippen molar-refractivity contribution < 1.29 is 0 Å². The number of benzene rings is 1. The van der Waals surface area contributed by atoms with Crippen LogP contribution >= 0.6 is 11.6 Å². The summed E-state index contributed by atoms with van der Waals surface area (Å²) in [5, 5.41) is 4.16. The maximum atomic E-state index is 6.12. The highest BCUT2D eigenvalue weighted by Gasteiger charge is 2.08. The van der Waals surface area contributed by atoms with Crippen molar-refractivity contribution >= 4 is 11.6 Å². The number of hydrogen-bond donors (Lipinski definition) is 2. The monoisotopic (exact) mass is 235 g/mol. The maximum Gasteiger partial charge on any atom is 0.120 e. The normalized spacial score (nSPS) is 12.6. The van der Waals surface area contributed by atoms with Gasteiger partial charge in [0.1, 0.15) is 5.82 Å². The zero-order chi connectivity index (χ0) is 11.4. The second kappa shape index (κ2) is 5.14. The number of aromatic nitrogens is 2. The minimum Gasteiger partial charge on any atom is -0.348 e. The maximum absolute atomic E-state index is 6.12. The van der Waals surface area contributed by atoms with Gasteiger partial charge in [0, 0.05) is 23.5 Å². The summed E-state index contributed by atoms with van der Waals surface area (Å²) in [5.41, 5.74) is 1.11. The summed E-state index contributed by atoms with van der Waals surface area (Å²) in [7, 11) is 0. The van der Waals surface area contributed by atoms with Gasteiger partial charge >= 0.3 is 0 Å². The summed E-state index contributed by atoms with van der Waals surface area (Å²) in [6.45, 7) is 2.80. The second-order valence-corrected chi connectivity index (χ2v) is 4.07. The first kappa shape index (κ1) is 11.2. The van der Waals surface area contributed by atoms with Gasteiger partial charge in [0.05, 0.1) is 6.54 Å². The third kappa shape index (κ3) is 2.62. The number of rotatable bonds is 4. The third-order valence-corrected chi connectivity index (χ3v) is 2.85. The number of imidazole rings is 1. The van der Waals surface area contributed by atoms with Gasteiger partial charge in [0.2, 0.25) is 0 Å². The molecule has 0 saturated carbocycles. The first-order valence-corrected chi connectivity index (χ1v) is 5.61. The van der Waals surface area contributed by atoms with Crippen LogP contribution in [-0.2, 0) is 6.54 Å². The molecule has 1 aromatic heterocycles. The number of nitrogens with zero attached hydrogens (tertiary/aromatic N) is 1. The highest BCUT2D eigenvalue weighted by atomic mass is 35.5. The lowest BCUT2D eigenvalue weighted by Gasteiger charge is -2.14. The van der Waals surface area contributed by atoms with Crippen LogP contribution in [0.3, 0.4) is 0 Å². The lowest BCUT2D eigenvalue weighted by molar-refractivity contribution is 0.562. The number of hydrogen-bond acceptors (Lipinski definition) is 2. The van der Waals surface area contributed by atoms with Crippen molar-refractivity contribution in [2.45, 2.75) is 19.5 Å². The summed E-state index contributed by atoms with van der Waals surface area (Å²) >= 11 is 6.12. The Hall–Kier alpha value is -1.32. The average molecular weight is 236 g/mol. The highest BCUT2D eigenvalue weighted by Crippen LogP contribution is 2.22. The average Bonchev–Trinajstić information content (AvgIpc) is 2.79. The van der Waals surface area contributed by atoms with Gasteiger partial charge in [-0.2, -0.15) is 0 Å². The Balaban J connectivity index is 1.98. The molecule has 84 valence electrons. The minimum absolute atomic E-state index is 0.207. The van der Waals surface area contributed by atoms with Crippen LogP contribution in [0.4, 0.5) is 0 Å². The van der Waals surface area contributed by atoms with Crippen LogP contribution in [0.5, 0.6) is 0 Å². The van der Waals surface area contributed by atoms with Crippen molar-refractivity contribution in [3.8, 4) is 0 Å². The van der Waals surface area contributed by atoms with E-state index in [9.17, 15) is 0 Å². The third-order valence-electron chi connectivity index (χ3n) is 2.50. The molecule has 1 atom stereocenters. The molecular formula is C12H14ClN3. The van der Waals surface area contributed by atoms with E-state index >= 15 is 0 Å². The van der Waals surface area contributed by atoms with E-state index < -0.39 is 0 Å². The summed E-state index contributed by atoms with van der Waals surface area (Å²) < 4.78 is 0. The van der Waals surface area contributed by atoms with Gasteiger partial charge < -0.3 is 10.3 Å². The smallest absolute Gasteiger partial charge is 0.120 e. The number of H-pyrrole nitrogens is 1. The fraction of sp³-hybridized carbons (Fsp3) is 0.250. The Bertz CT molecular complexity index is 439. The molecule has 1 unspecified atom stereocenters. The van der Waals surface area contributed by atoms with E-state index in [2.05, 4.69) is 22.2 Å². The lowest BCUT2D eigenvalue weighted by Crippen LogP contribution is -2.19. The molecule has 0 amide bonds. The number of nitrogens with one attached hydrogen (secondary N) is 2. The molecule has 1 aromatic carbocycles. The summed E-state index contributed by atoms with van der Waals surface area (Å²) in [5.74, 6) is 0.930. The van der Waals surface area contributed by atoms with Crippen LogP contribution in [-0.4, -0.2) is 9.97 Å². The molecule has 0 fully saturated rings. The summed E-state index contributed by atoms with van der Waals surface area (Å²) in [6, 6.07) is 8.07. The Morgan fingerprint density at radius 1 is 1.44 bits per heavy atom. The van der Waals surface area contributed by atoms with Crippen LogP contribution in [0, 0.1) is 0 Å². The summed E-state index contributed by atoms with van der Waals surface area (Å²) in [6.07, 6.45) is 3.56. The molecule has 0 radical (unpaired) electrons. The molecule has 1 heterocycles. The van der Waals surface area contributed by atoms with Gasteiger partial charge in [-0.05, 0) is 18.6 Å². The molecule has 0 saturated heterocycles. The fourth-order valence-corrected chi connectivity index (χ4v) is 1.88. The van der Waals surface area contributed by atoms with Gasteiger partial charge in [-0.25, -0.2) is 4.98 Å². The molecule has 2 rings (SSSR count). The van der Waals surface area contributed by atoms with E-state index in [4.69, 9.17) is 11.6 Å². The van der Waals surface area contributed by atoms with Crippen LogP contribution in [0.25, 0.3) is 0 Å². The zero-order valence-electron chi connectivity index (χ0n) is 9.07. The first-order valence-electron chi connectivity index (χ1n) is 5.23. The fourth-order valence-electron chi connectivity index (χ4n) is 1.58. The van der Waals surface area contributed by atoms with Crippen LogP contribution in [0.2, 0.25) is 5.02 Å². The van der Waals surface area contributed by atoms with Crippen molar-refractivity contribution in [1.29, 1.82) is 0 Å². The molecule has 0 spiro atoms. The van der Waals surface area contributed by atoms with Gasteiger partial charge in [-0.1, -0.05) is 29.8 Å². The Labute approximate surface area is 99.9 Å². The van der Waals surface area contributed by atoms with Gasteiger partial charge in [-0.15, -0.1) is 0 Å². The predicted octanol–water partition coefficient (Wildman–Crippen LogP) is 2.91. The first-order chi connectivity index (χ1) is 7.77. The van der Waals surface area contributed by atoms with Gasteiger partial charge in [-0.3, -0.25) is 0 Å². The number of aromatic amines is 1. The Morgan fingerprint density at radius 3 is 2.94 bits per heavy atom. The molecule has 2 N–H and O–H groups in total. The van der Waals surface area contributed by atoms with E-state index in [1.165, 1.54) is 0 Å². The molecule has 4 heteroatoms. The molecule has 2 aromatic rings. The topological polar surface area (TPSA) is 40.7 Å². The van der Waals surface area contributed by atoms with E-state index in [0.717, 1.165) is 16.4 Å². The van der Waals surface area contributed by atoms with Gasteiger partial charge in [0.15, 0.2) is 0 Å². The zero-order valence-corrected chi connectivity index (χ0v) is 9.83. The molecule has 3 nitrogen and oxygen atoms in total. The van der Waals surface area contributed by atoms with E-state index in [0.29, 0.717) is 6.54 Å². The van der Waals surface area contributed by atoms with E-state index in [1.807, 2.05) is 30.5 Å². The predicted molar refractivity (Wildman–Crippen MR) is 65.3 cm³/mol. The lowest BCUT2D eigenvalue weighted by atomic mass is 10.1. The minimum atomic E-state index is 0.207. The Morgan fingerprint density at radius 2 is 2.25 bits per heavy atom. The van der Waals surface area contributed by atoms with Crippen molar-refractivity contribution in [3.05, 3.63) is 53.1 Å². The Kier molecular flexibility index (Phi) is 3.59. The standard InChI is InChI=1S/C12H14ClN3/c1-9(10-4-2-3-5-11(10)13)16-8-12-14-6-7-15-12/h2-7,9,16H,8H2,1H3,(H,14,15). The van der Waals surface area contributed by atoms with E-state index in [-0.39, 0.29) is 6.04 Å². The molecule has 0 aliphatic carbocycles. The van der Waals surface area contributed by atoms with Crippen molar-refractivity contribution in [2.24, 2.45) is 0 Å². The largest absolute Gasteiger partial charge is 0.348 e. The molecule has 0 aliphatic heterocycles. The molecular weight excluding hydrogens is 222 g/mol.